The van der Waals surface area contributed by atoms with Gasteiger partial charge < -0.3 is 5.32 Å². The fourth-order valence-electron chi connectivity index (χ4n) is 2.62. The lowest BCUT2D eigenvalue weighted by molar-refractivity contribution is 0.320. The van der Waals surface area contributed by atoms with Crippen molar-refractivity contribution >= 4 is 10.0 Å². The topological polar surface area (TPSA) is 82.0 Å². The molecule has 114 valence electrons. The molecule has 0 aliphatic carbocycles. The second kappa shape index (κ2) is 7.03. The molecule has 2 atom stereocenters. The minimum absolute atomic E-state index is 0.0524. The molecule has 1 aliphatic rings. The Labute approximate surface area is 126 Å². The Kier molecular flexibility index (Phi) is 5.34. The maximum absolute atomic E-state index is 12.2. The molecule has 1 saturated heterocycles. The van der Waals surface area contributed by atoms with E-state index >= 15 is 0 Å². The van der Waals surface area contributed by atoms with E-state index in [1.54, 1.807) is 24.3 Å². The number of nitriles is 1. The predicted octanol–water partition coefficient (Wildman–Crippen LogP) is 1.37. The van der Waals surface area contributed by atoms with Gasteiger partial charge >= 0.3 is 0 Å². The van der Waals surface area contributed by atoms with Gasteiger partial charge in [0.1, 0.15) is 0 Å². The van der Waals surface area contributed by atoms with Crippen LogP contribution in [-0.2, 0) is 15.8 Å². The monoisotopic (exact) mass is 307 g/mol. The van der Waals surface area contributed by atoms with Crippen LogP contribution >= 0.6 is 0 Å². The summed E-state index contributed by atoms with van der Waals surface area (Å²) in [6.07, 6.45) is 2.14. The largest absolute Gasteiger partial charge is 0.316 e. The van der Waals surface area contributed by atoms with Gasteiger partial charge in [-0.2, -0.15) is 5.26 Å². The molecule has 2 N–H and O–H groups in total. The number of sulfonamides is 1. The normalized spacial score (nSPS) is 20.7. The van der Waals surface area contributed by atoms with E-state index in [4.69, 9.17) is 5.26 Å². The first-order valence-electron chi connectivity index (χ1n) is 7.20. The molecule has 21 heavy (non-hydrogen) atoms. The lowest BCUT2D eigenvalue weighted by Crippen LogP contribution is -2.44. The van der Waals surface area contributed by atoms with Crippen LogP contribution in [-0.4, -0.2) is 27.5 Å². The summed E-state index contributed by atoms with van der Waals surface area (Å²) in [7, 11) is -3.36. The number of piperidine rings is 1. The second-order valence-electron chi connectivity index (χ2n) is 5.58. The SMILES string of the molecule is CC(NS(=O)(=O)Cc1ccc(C#N)cc1)C1CCCNC1. The molecular weight excluding hydrogens is 286 g/mol. The zero-order valence-electron chi connectivity index (χ0n) is 12.2. The summed E-state index contributed by atoms with van der Waals surface area (Å²) in [5.74, 6) is 0.290. The van der Waals surface area contributed by atoms with Crippen LogP contribution in [0.1, 0.15) is 30.9 Å². The van der Waals surface area contributed by atoms with Gasteiger partial charge in [0, 0.05) is 6.04 Å². The van der Waals surface area contributed by atoms with Gasteiger partial charge in [0.2, 0.25) is 10.0 Å². The van der Waals surface area contributed by atoms with Crippen LogP contribution in [0, 0.1) is 17.2 Å². The van der Waals surface area contributed by atoms with Gasteiger partial charge in [-0.3, -0.25) is 0 Å². The summed E-state index contributed by atoms with van der Waals surface area (Å²) >= 11 is 0. The summed E-state index contributed by atoms with van der Waals surface area (Å²) in [4.78, 5) is 0. The minimum Gasteiger partial charge on any atom is -0.316 e. The first-order valence-corrected chi connectivity index (χ1v) is 8.85. The average molecular weight is 307 g/mol. The molecule has 0 radical (unpaired) electrons. The van der Waals surface area contributed by atoms with E-state index in [0.717, 1.165) is 25.9 Å². The molecule has 6 heteroatoms. The fourth-order valence-corrected chi connectivity index (χ4v) is 4.10. The highest BCUT2D eigenvalue weighted by atomic mass is 32.2. The van der Waals surface area contributed by atoms with E-state index in [9.17, 15) is 8.42 Å². The van der Waals surface area contributed by atoms with E-state index in [-0.39, 0.29) is 11.8 Å². The molecule has 1 aromatic rings. The molecule has 0 amide bonds. The van der Waals surface area contributed by atoms with E-state index in [0.29, 0.717) is 17.0 Å². The van der Waals surface area contributed by atoms with Crippen LogP contribution in [0.5, 0.6) is 0 Å². The van der Waals surface area contributed by atoms with Crippen LogP contribution < -0.4 is 10.0 Å². The molecule has 2 unspecified atom stereocenters. The highest BCUT2D eigenvalue weighted by Gasteiger charge is 2.24. The third-order valence-electron chi connectivity index (χ3n) is 3.85. The molecule has 1 fully saturated rings. The highest BCUT2D eigenvalue weighted by Crippen LogP contribution is 2.16. The van der Waals surface area contributed by atoms with Crippen LogP contribution in [0.3, 0.4) is 0 Å². The quantitative estimate of drug-likeness (QED) is 0.860. The number of hydrogen-bond acceptors (Lipinski definition) is 4. The van der Waals surface area contributed by atoms with Crippen molar-refractivity contribution in [2.24, 2.45) is 5.92 Å². The Morgan fingerprint density at radius 3 is 2.71 bits per heavy atom. The van der Waals surface area contributed by atoms with Crippen LogP contribution in [0.2, 0.25) is 0 Å². The van der Waals surface area contributed by atoms with Crippen molar-refractivity contribution in [1.29, 1.82) is 5.26 Å². The lowest BCUT2D eigenvalue weighted by Gasteiger charge is -2.28. The summed E-state index contributed by atoms with van der Waals surface area (Å²) in [6, 6.07) is 8.60. The van der Waals surface area contributed by atoms with Gasteiger partial charge in [0.05, 0.1) is 17.4 Å². The molecule has 0 bridgehead atoms. The summed E-state index contributed by atoms with van der Waals surface area (Å²) in [6.45, 7) is 3.80. The maximum atomic E-state index is 12.2. The van der Waals surface area contributed by atoms with Crippen LogP contribution in [0.25, 0.3) is 0 Å². The first-order chi connectivity index (χ1) is 10.00. The molecule has 0 aromatic heterocycles. The van der Waals surface area contributed by atoms with E-state index in [1.165, 1.54) is 0 Å². The molecule has 2 rings (SSSR count). The number of rotatable bonds is 5. The zero-order valence-corrected chi connectivity index (χ0v) is 13.0. The van der Waals surface area contributed by atoms with Crippen molar-refractivity contribution in [1.82, 2.24) is 10.0 Å². The standard InChI is InChI=1S/C15H21N3O2S/c1-12(15-3-2-8-17-10-15)18-21(19,20)11-14-6-4-13(9-16)5-7-14/h4-7,12,15,17-18H,2-3,8,10-11H2,1H3. The average Bonchev–Trinajstić information content (AvgIpc) is 2.48. The molecule has 1 aromatic carbocycles. The summed E-state index contributed by atoms with van der Waals surface area (Å²) in [5, 5.41) is 12.0. The summed E-state index contributed by atoms with van der Waals surface area (Å²) in [5.41, 5.74) is 1.22. The third kappa shape index (κ3) is 4.81. The number of benzene rings is 1. The van der Waals surface area contributed by atoms with Gasteiger partial charge in [0.15, 0.2) is 0 Å². The minimum atomic E-state index is -3.36. The second-order valence-corrected chi connectivity index (χ2v) is 7.33. The molecule has 5 nitrogen and oxygen atoms in total. The van der Waals surface area contributed by atoms with Gasteiger partial charge in [-0.15, -0.1) is 0 Å². The van der Waals surface area contributed by atoms with Crippen molar-refractivity contribution in [3.8, 4) is 6.07 Å². The maximum Gasteiger partial charge on any atom is 0.216 e. The first kappa shape index (κ1) is 16.0. The molecule has 0 saturated carbocycles. The molecule has 1 heterocycles. The Hall–Kier alpha value is -1.42. The van der Waals surface area contributed by atoms with E-state index in [1.807, 2.05) is 13.0 Å². The van der Waals surface area contributed by atoms with Crippen molar-refractivity contribution in [2.75, 3.05) is 13.1 Å². The predicted molar refractivity (Wildman–Crippen MR) is 82.0 cm³/mol. The van der Waals surface area contributed by atoms with Crippen LogP contribution in [0.15, 0.2) is 24.3 Å². The lowest BCUT2D eigenvalue weighted by atomic mass is 9.94. The number of hydrogen-bond donors (Lipinski definition) is 2. The van der Waals surface area contributed by atoms with E-state index in [2.05, 4.69) is 10.0 Å². The third-order valence-corrected chi connectivity index (χ3v) is 5.29. The van der Waals surface area contributed by atoms with Gasteiger partial charge in [0.25, 0.3) is 0 Å². The van der Waals surface area contributed by atoms with Gasteiger partial charge in [-0.05, 0) is 56.5 Å². The molecule has 1 aliphatic heterocycles. The van der Waals surface area contributed by atoms with E-state index < -0.39 is 10.0 Å². The van der Waals surface area contributed by atoms with Crippen molar-refractivity contribution in [3.63, 3.8) is 0 Å². The summed E-state index contributed by atoms with van der Waals surface area (Å²) < 4.78 is 27.2. The smallest absolute Gasteiger partial charge is 0.216 e. The van der Waals surface area contributed by atoms with Crippen molar-refractivity contribution in [2.45, 2.75) is 31.6 Å². The van der Waals surface area contributed by atoms with Gasteiger partial charge in [-0.1, -0.05) is 12.1 Å². The van der Waals surface area contributed by atoms with Gasteiger partial charge in [-0.25, -0.2) is 13.1 Å². The van der Waals surface area contributed by atoms with Crippen molar-refractivity contribution < 1.29 is 8.42 Å². The molecule has 0 spiro atoms. The Morgan fingerprint density at radius 2 is 2.14 bits per heavy atom. The van der Waals surface area contributed by atoms with Crippen molar-refractivity contribution in [3.05, 3.63) is 35.4 Å². The number of nitrogens with one attached hydrogen (secondary N) is 2. The number of nitrogens with zero attached hydrogens (tertiary/aromatic N) is 1. The Bertz CT molecular complexity index is 599. The Balaban J connectivity index is 1.95. The fraction of sp³-hybridized carbons (Fsp3) is 0.533. The molecular formula is C15H21N3O2S. The Morgan fingerprint density at radius 1 is 1.43 bits per heavy atom. The zero-order chi connectivity index (χ0) is 15.3. The van der Waals surface area contributed by atoms with Crippen LogP contribution in [0.4, 0.5) is 0 Å². The highest BCUT2D eigenvalue weighted by molar-refractivity contribution is 7.88.